The first kappa shape index (κ1) is 22.1. The maximum Gasteiger partial charge on any atom is 0.244 e. The highest BCUT2D eigenvalue weighted by Gasteiger charge is 2.28. The summed E-state index contributed by atoms with van der Waals surface area (Å²) < 4.78 is 28.9. The molecule has 4 rings (SSSR count). The Bertz CT molecular complexity index is 1260. The maximum atomic E-state index is 13.2. The topological polar surface area (TPSA) is 117 Å². The summed E-state index contributed by atoms with van der Waals surface area (Å²) >= 11 is 1.28. The number of rotatable bonds is 7. The van der Waals surface area contributed by atoms with E-state index in [1.54, 1.807) is 17.5 Å². The van der Waals surface area contributed by atoms with Crippen LogP contribution in [0.2, 0.25) is 0 Å². The fourth-order valence-corrected chi connectivity index (χ4v) is 5.36. The molecule has 0 saturated carbocycles. The van der Waals surface area contributed by atoms with Crippen LogP contribution in [0.3, 0.4) is 0 Å². The SMILES string of the molecule is Cc1csc(NC(=O)C(Cc2ccccc2)NS(=O)(=O)c2ccc3c(c2)CCC(=O)N3)n1. The molecule has 2 aromatic carbocycles. The van der Waals surface area contributed by atoms with E-state index in [0.29, 0.717) is 23.7 Å². The van der Waals surface area contributed by atoms with Gasteiger partial charge in [-0.1, -0.05) is 30.3 Å². The number of aromatic nitrogens is 1. The van der Waals surface area contributed by atoms with Gasteiger partial charge >= 0.3 is 0 Å². The highest BCUT2D eigenvalue weighted by atomic mass is 32.2. The minimum absolute atomic E-state index is 0.0448. The van der Waals surface area contributed by atoms with Crippen LogP contribution in [0.5, 0.6) is 0 Å². The Morgan fingerprint density at radius 3 is 2.69 bits per heavy atom. The third kappa shape index (κ3) is 5.21. The average Bonchev–Trinajstić information content (AvgIpc) is 3.18. The molecule has 0 saturated heterocycles. The third-order valence-corrected chi connectivity index (χ3v) is 7.37. The smallest absolute Gasteiger partial charge is 0.244 e. The zero-order valence-corrected chi connectivity index (χ0v) is 18.9. The number of hydrogen-bond acceptors (Lipinski definition) is 6. The van der Waals surface area contributed by atoms with Crippen molar-refractivity contribution in [3.63, 3.8) is 0 Å². The molecule has 1 aliphatic heterocycles. The summed E-state index contributed by atoms with van der Waals surface area (Å²) in [6, 6.07) is 12.7. The monoisotopic (exact) mass is 470 g/mol. The number of carbonyl (C=O) groups excluding carboxylic acids is 2. The van der Waals surface area contributed by atoms with E-state index in [1.807, 2.05) is 37.3 Å². The molecule has 3 N–H and O–H groups in total. The number of anilines is 2. The van der Waals surface area contributed by atoms with Crippen LogP contribution in [-0.4, -0.2) is 31.3 Å². The summed E-state index contributed by atoms with van der Waals surface area (Å²) in [5.41, 5.74) is 2.94. The second-order valence-electron chi connectivity index (χ2n) is 7.51. The van der Waals surface area contributed by atoms with Crippen molar-refractivity contribution in [3.8, 4) is 0 Å². The number of nitrogens with zero attached hydrogens (tertiary/aromatic N) is 1. The summed E-state index contributed by atoms with van der Waals surface area (Å²) in [5.74, 6) is -0.583. The first-order chi connectivity index (χ1) is 15.3. The molecule has 1 unspecified atom stereocenters. The second kappa shape index (κ2) is 9.19. The molecule has 0 bridgehead atoms. The summed E-state index contributed by atoms with van der Waals surface area (Å²) in [6.45, 7) is 1.81. The van der Waals surface area contributed by atoms with E-state index in [1.165, 1.54) is 17.4 Å². The van der Waals surface area contributed by atoms with Crippen LogP contribution in [-0.2, 0) is 32.5 Å². The zero-order valence-electron chi connectivity index (χ0n) is 17.3. The van der Waals surface area contributed by atoms with E-state index < -0.39 is 22.0 Å². The first-order valence-corrected chi connectivity index (χ1v) is 12.4. The van der Waals surface area contributed by atoms with Crippen LogP contribution in [0.1, 0.15) is 23.2 Å². The molecule has 0 fully saturated rings. The number of benzene rings is 2. The summed E-state index contributed by atoms with van der Waals surface area (Å²) in [4.78, 5) is 28.8. The number of hydrogen-bond donors (Lipinski definition) is 3. The lowest BCUT2D eigenvalue weighted by Crippen LogP contribution is -2.45. The summed E-state index contributed by atoms with van der Waals surface area (Å²) in [5, 5.41) is 7.66. The highest BCUT2D eigenvalue weighted by molar-refractivity contribution is 7.89. The van der Waals surface area contributed by atoms with Crippen LogP contribution in [0.4, 0.5) is 10.8 Å². The number of amides is 2. The lowest BCUT2D eigenvalue weighted by atomic mass is 10.0. The molecule has 8 nitrogen and oxygen atoms in total. The largest absolute Gasteiger partial charge is 0.326 e. The van der Waals surface area contributed by atoms with Gasteiger partial charge in [0.05, 0.1) is 10.6 Å². The molecule has 2 amide bonds. The van der Waals surface area contributed by atoms with Crippen LogP contribution in [0.15, 0.2) is 58.8 Å². The molecule has 32 heavy (non-hydrogen) atoms. The van der Waals surface area contributed by atoms with Crippen LogP contribution in [0, 0.1) is 6.92 Å². The number of sulfonamides is 1. The van der Waals surface area contributed by atoms with Gasteiger partial charge in [-0.15, -0.1) is 11.3 Å². The van der Waals surface area contributed by atoms with Crippen LogP contribution >= 0.6 is 11.3 Å². The standard InChI is InChI=1S/C22H22N4O4S2/c1-14-13-31-22(23-14)25-21(28)19(11-15-5-3-2-4-6-15)26-32(29,30)17-8-9-18-16(12-17)7-10-20(27)24-18/h2-6,8-9,12-13,19,26H,7,10-11H2,1H3,(H,24,27)(H,23,25,28). The van der Waals surface area contributed by atoms with Crippen molar-refractivity contribution in [2.75, 3.05) is 10.6 Å². The normalized spacial score (nSPS) is 14.3. The highest BCUT2D eigenvalue weighted by Crippen LogP contribution is 2.26. The van der Waals surface area contributed by atoms with E-state index in [0.717, 1.165) is 16.8 Å². The molecule has 0 spiro atoms. The summed E-state index contributed by atoms with van der Waals surface area (Å²) in [7, 11) is -4.00. The van der Waals surface area contributed by atoms with Gasteiger partial charge < -0.3 is 10.6 Å². The minimum atomic E-state index is -4.00. The Morgan fingerprint density at radius 1 is 1.19 bits per heavy atom. The van der Waals surface area contributed by atoms with E-state index >= 15 is 0 Å². The van der Waals surface area contributed by atoms with E-state index in [4.69, 9.17) is 0 Å². The van der Waals surface area contributed by atoms with Crippen molar-refractivity contribution in [1.29, 1.82) is 0 Å². The van der Waals surface area contributed by atoms with E-state index in [2.05, 4.69) is 20.3 Å². The van der Waals surface area contributed by atoms with Crippen molar-refractivity contribution in [3.05, 3.63) is 70.7 Å². The fraction of sp³-hybridized carbons (Fsp3) is 0.227. The average molecular weight is 471 g/mol. The van der Waals surface area contributed by atoms with Crippen molar-refractivity contribution in [2.24, 2.45) is 0 Å². The van der Waals surface area contributed by atoms with Crippen molar-refractivity contribution in [2.45, 2.75) is 37.1 Å². The molecule has 166 valence electrons. The second-order valence-corrected chi connectivity index (χ2v) is 10.1. The molecule has 1 aromatic heterocycles. The molecule has 1 aliphatic rings. The predicted octanol–water partition coefficient (Wildman–Crippen LogP) is 2.86. The molecular weight excluding hydrogens is 448 g/mol. The molecule has 10 heteroatoms. The van der Waals surface area contributed by atoms with Gasteiger partial charge in [0.25, 0.3) is 0 Å². The molecule has 2 heterocycles. The van der Waals surface area contributed by atoms with Gasteiger partial charge in [0.2, 0.25) is 21.8 Å². The van der Waals surface area contributed by atoms with Crippen molar-refractivity contribution in [1.82, 2.24) is 9.71 Å². The first-order valence-electron chi connectivity index (χ1n) is 10.0. The van der Waals surface area contributed by atoms with E-state index in [9.17, 15) is 18.0 Å². The van der Waals surface area contributed by atoms with Gasteiger partial charge in [-0.2, -0.15) is 4.72 Å². The van der Waals surface area contributed by atoms with Gasteiger partial charge in [0.15, 0.2) is 5.13 Å². The fourth-order valence-electron chi connectivity index (χ4n) is 3.42. The van der Waals surface area contributed by atoms with Crippen LogP contribution in [0.25, 0.3) is 0 Å². The Balaban J connectivity index is 1.59. The zero-order chi connectivity index (χ0) is 22.7. The Morgan fingerprint density at radius 2 is 1.97 bits per heavy atom. The van der Waals surface area contributed by atoms with Gasteiger partial charge in [-0.3, -0.25) is 9.59 Å². The van der Waals surface area contributed by atoms with Crippen LogP contribution < -0.4 is 15.4 Å². The van der Waals surface area contributed by atoms with Gasteiger partial charge in [0.1, 0.15) is 6.04 Å². The number of thiazole rings is 1. The maximum absolute atomic E-state index is 13.2. The van der Waals surface area contributed by atoms with Crippen molar-refractivity contribution >= 4 is 44.0 Å². The Hall–Kier alpha value is -3.08. The Kier molecular flexibility index (Phi) is 6.35. The third-order valence-electron chi connectivity index (χ3n) is 5.03. The van der Waals surface area contributed by atoms with E-state index in [-0.39, 0.29) is 17.2 Å². The lowest BCUT2D eigenvalue weighted by Gasteiger charge is -2.20. The molecule has 1 atom stereocenters. The molecule has 0 radical (unpaired) electrons. The minimum Gasteiger partial charge on any atom is -0.326 e. The van der Waals surface area contributed by atoms with Crippen molar-refractivity contribution < 1.29 is 18.0 Å². The van der Waals surface area contributed by atoms with Gasteiger partial charge in [-0.05, 0) is 49.1 Å². The lowest BCUT2D eigenvalue weighted by molar-refractivity contribution is -0.118. The quantitative estimate of drug-likeness (QED) is 0.491. The number of carbonyl (C=O) groups is 2. The Labute approximate surface area is 190 Å². The molecular formula is C22H22N4O4S2. The number of fused-ring (bicyclic) bond motifs is 1. The molecule has 0 aliphatic carbocycles. The number of aryl methyl sites for hydroxylation is 2. The summed E-state index contributed by atoms with van der Waals surface area (Å²) in [6.07, 6.45) is 0.940. The van der Waals surface area contributed by atoms with Gasteiger partial charge in [0, 0.05) is 17.5 Å². The molecule has 3 aromatic rings. The number of nitrogens with one attached hydrogen (secondary N) is 3. The van der Waals surface area contributed by atoms with Gasteiger partial charge in [-0.25, -0.2) is 13.4 Å². The predicted molar refractivity (Wildman–Crippen MR) is 123 cm³/mol.